The Morgan fingerprint density at radius 2 is 2.08 bits per heavy atom. The van der Waals surface area contributed by atoms with E-state index in [1.165, 1.54) is 35.1 Å². The minimum absolute atomic E-state index is 0.0899. The second kappa shape index (κ2) is 8.09. The summed E-state index contributed by atoms with van der Waals surface area (Å²) in [7, 11) is 2.04. The Morgan fingerprint density at radius 3 is 2.81 bits per heavy atom. The van der Waals surface area contributed by atoms with Crippen LogP contribution in [-0.2, 0) is 11.3 Å². The Bertz CT molecular complexity index is 774. The highest BCUT2D eigenvalue weighted by Gasteiger charge is 2.19. The highest BCUT2D eigenvalue weighted by atomic mass is 19.1. The number of halogens is 1. The van der Waals surface area contributed by atoms with Crippen molar-refractivity contribution in [3.8, 4) is 0 Å². The molecule has 1 aromatic carbocycles. The molecule has 1 aliphatic rings. The van der Waals surface area contributed by atoms with Crippen LogP contribution in [0.25, 0.3) is 0 Å². The second-order valence-corrected chi connectivity index (χ2v) is 6.56. The van der Waals surface area contributed by atoms with Gasteiger partial charge in [-0.2, -0.15) is 5.10 Å². The fourth-order valence-corrected chi connectivity index (χ4v) is 3.02. The first-order valence-corrected chi connectivity index (χ1v) is 8.57. The van der Waals surface area contributed by atoms with Gasteiger partial charge in [-0.25, -0.2) is 4.39 Å². The first-order valence-electron chi connectivity index (χ1n) is 8.57. The van der Waals surface area contributed by atoms with E-state index in [0.29, 0.717) is 11.3 Å². The molecule has 0 unspecified atom stereocenters. The topological polar surface area (TPSA) is 79.3 Å². The molecule has 0 bridgehead atoms. The Labute approximate surface area is 151 Å². The summed E-state index contributed by atoms with van der Waals surface area (Å²) in [5.74, 6) is -0.867. The molecular weight excluding hydrogens is 337 g/mol. The van der Waals surface area contributed by atoms with Crippen LogP contribution >= 0.6 is 0 Å². The lowest BCUT2D eigenvalue weighted by Crippen LogP contribution is -2.47. The lowest BCUT2D eigenvalue weighted by Gasteiger charge is -2.30. The third-order valence-corrected chi connectivity index (χ3v) is 4.29. The van der Waals surface area contributed by atoms with Crippen LogP contribution in [0.4, 0.5) is 10.1 Å². The number of rotatable bonds is 5. The Morgan fingerprint density at radius 1 is 1.31 bits per heavy atom. The van der Waals surface area contributed by atoms with E-state index in [1.807, 2.05) is 7.05 Å². The van der Waals surface area contributed by atoms with Gasteiger partial charge in [0.2, 0.25) is 5.91 Å². The molecule has 8 heteroatoms. The average molecular weight is 359 g/mol. The van der Waals surface area contributed by atoms with Crippen molar-refractivity contribution in [2.45, 2.75) is 25.4 Å². The first kappa shape index (κ1) is 18.1. The first-order chi connectivity index (χ1) is 12.5. The summed E-state index contributed by atoms with van der Waals surface area (Å²) in [6.45, 7) is 2.00. The van der Waals surface area contributed by atoms with Gasteiger partial charge >= 0.3 is 0 Å². The Balaban J connectivity index is 1.51. The van der Waals surface area contributed by atoms with Crippen LogP contribution in [0.2, 0.25) is 0 Å². The van der Waals surface area contributed by atoms with Crippen LogP contribution in [0.3, 0.4) is 0 Å². The van der Waals surface area contributed by atoms with Gasteiger partial charge in [-0.05, 0) is 50.7 Å². The fourth-order valence-electron chi connectivity index (χ4n) is 3.02. The van der Waals surface area contributed by atoms with E-state index >= 15 is 0 Å². The number of hydrogen-bond acceptors (Lipinski definition) is 4. The number of aromatic nitrogens is 2. The maximum Gasteiger partial charge on any atom is 0.255 e. The van der Waals surface area contributed by atoms with Gasteiger partial charge in [-0.15, -0.1) is 0 Å². The SMILES string of the molecule is CN1CCC[C@@H](NC(=O)Cn2cc(NC(=O)c3ccc(F)cc3)cn2)C1. The number of nitrogens with zero attached hydrogens (tertiary/aromatic N) is 3. The van der Waals surface area contributed by atoms with E-state index in [2.05, 4.69) is 20.6 Å². The predicted molar refractivity (Wildman–Crippen MR) is 95.2 cm³/mol. The quantitative estimate of drug-likeness (QED) is 0.848. The zero-order valence-electron chi connectivity index (χ0n) is 14.6. The van der Waals surface area contributed by atoms with E-state index < -0.39 is 5.82 Å². The molecule has 1 atom stereocenters. The fraction of sp³-hybridized carbons (Fsp3) is 0.389. The molecule has 138 valence electrons. The summed E-state index contributed by atoms with van der Waals surface area (Å²) in [6, 6.07) is 5.43. The monoisotopic (exact) mass is 359 g/mol. The minimum atomic E-state index is -0.399. The largest absolute Gasteiger partial charge is 0.350 e. The van der Waals surface area contributed by atoms with Crippen LogP contribution in [0.1, 0.15) is 23.2 Å². The molecule has 0 saturated carbocycles. The third kappa shape index (κ3) is 4.89. The average Bonchev–Trinajstić information content (AvgIpc) is 3.02. The molecule has 1 aliphatic heterocycles. The van der Waals surface area contributed by atoms with E-state index in [4.69, 9.17) is 0 Å². The molecule has 1 aromatic heterocycles. The van der Waals surface area contributed by atoms with Crippen molar-refractivity contribution in [1.82, 2.24) is 20.0 Å². The van der Waals surface area contributed by atoms with E-state index in [1.54, 1.807) is 6.20 Å². The van der Waals surface area contributed by atoms with Crippen molar-refractivity contribution in [2.24, 2.45) is 0 Å². The number of amides is 2. The van der Waals surface area contributed by atoms with Crippen LogP contribution in [-0.4, -0.2) is 52.7 Å². The van der Waals surface area contributed by atoms with Gasteiger partial charge in [0.25, 0.3) is 5.91 Å². The van der Waals surface area contributed by atoms with Gasteiger partial charge in [-0.3, -0.25) is 14.3 Å². The summed E-state index contributed by atoms with van der Waals surface area (Å²) in [5, 5.41) is 9.79. The van der Waals surface area contributed by atoms with Crippen molar-refractivity contribution >= 4 is 17.5 Å². The Hall–Kier alpha value is -2.74. The number of likely N-dealkylation sites (tertiary alicyclic amines) is 1. The standard InChI is InChI=1S/C18H22FN5O2/c1-23-8-2-3-15(10-23)21-17(25)12-24-11-16(9-20-24)22-18(26)13-4-6-14(19)7-5-13/h4-7,9,11,15H,2-3,8,10,12H2,1H3,(H,21,25)(H,22,26)/t15-/m1/s1. The highest BCUT2D eigenvalue weighted by molar-refractivity contribution is 6.04. The van der Waals surface area contributed by atoms with E-state index in [-0.39, 0.29) is 24.4 Å². The Kier molecular flexibility index (Phi) is 5.62. The van der Waals surface area contributed by atoms with Crippen molar-refractivity contribution in [2.75, 3.05) is 25.5 Å². The maximum absolute atomic E-state index is 12.9. The number of carbonyl (C=O) groups is 2. The minimum Gasteiger partial charge on any atom is -0.350 e. The molecule has 26 heavy (non-hydrogen) atoms. The van der Waals surface area contributed by atoms with Crippen LogP contribution in [0.5, 0.6) is 0 Å². The number of anilines is 1. The molecule has 0 aliphatic carbocycles. The van der Waals surface area contributed by atoms with Gasteiger partial charge in [0.1, 0.15) is 12.4 Å². The maximum atomic E-state index is 12.9. The van der Waals surface area contributed by atoms with E-state index in [9.17, 15) is 14.0 Å². The molecule has 7 nitrogen and oxygen atoms in total. The second-order valence-electron chi connectivity index (χ2n) is 6.56. The van der Waals surface area contributed by atoms with Gasteiger partial charge in [0, 0.05) is 24.3 Å². The molecule has 3 rings (SSSR count). The highest BCUT2D eigenvalue weighted by Crippen LogP contribution is 2.10. The number of benzene rings is 1. The molecule has 0 radical (unpaired) electrons. The van der Waals surface area contributed by atoms with Gasteiger partial charge < -0.3 is 15.5 Å². The zero-order valence-corrected chi connectivity index (χ0v) is 14.6. The zero-order chi connectivity index (χ0) is 18.5. The van der Waals surface area contributed by atoms with Crippen molar-refractivity contribution < 1.29 is 14.0 Å². The number of carbonyl (C=O) groups excluding carboxylic acids is 2. The third-order valence-electron chi connectivity index (χ3n) is 4.29. The summed E-state index contributed by atoms with van der Waals surface area (Å²) < 4.78 is 14.4. The summed E-state index contributed by atoms with van der Waals surface area (Å²) >= 11 is 0. The molecule has 2 N–H and O–H groups in total. The van der Waals surface area contributed by atoms with Crippen LogP contribution < -0.4 is 10.6 Å². The predicted octanol–water partition coefficient (Wildman–Crippen LogP) is 1.48. The lowest BCUT2D eigenvalue weighted by molar-refractivity contribution is -0.122. The van der Waals surface area contributed by atoms with Crippen LogP contribution in [0.15, 0.2) is 36.7 Å². The van der Waals surface area contributed by atoms with E-state index in [0.717, 1.165) is 25.9 Å². The molecule has 2 heterocycles. The van der Waals surface area contributed by atoms with Gasteiger partial charge in [0.15, 0.2) is 0 Å². The molecular formula is C18H22FN5O2. The van der Waals surface area contributed by atoms with Crippen LogP contribution in [0, 0.1) is 5.82 Å². The summed E-state index contributed by atoms with van der Waals surface area (Å²) in [6.07, 6.45) is 5.12. The molecule has 0 spiro atoms. The number of hydrogen-bond donors (Lipinski definition) is 2. The van der Waals surface area contributed by atoms with Crippen molar-refractivity contribution in [1.29, 1.82) is 0 Å². The van der Waals surface area contributed by atoms with Gasteiger partial charge in [0.05, 0.1) is 11.9 Å². The van der Waals surface area contributed by atoms with Crippen molar-refractivity contribution in [3.63, 3.8) is 0 Å². The smallest absolute Gasteiger partial charge is 0.255 e. The van der Waals surface area contributed by atoms with Crippen molar-refractivity contribution in [3.05, 3.63) is 48.0 Å². The molecule has 2 aromatic rings. The molecule has 1 saturated heterocycles. The molecule has 2 amide bonds. The molecule has 1 fully saturated rings. The summed E-state index contributed by atoms with van der Waals surface area (Å²) in [5.41, 5.74) is 0.822. The van der Waals surface area contributed by atoms with Gasteiger partial charge in [-0.1, -0.05) is 0 Å². The summed E-state index contributed by atoms with van der Waals surface area (Å²) in [4.78, 5) is 26.5. The number of nitrogens with one attached hydrogen (secondary N) is 2. The number of likely N-dealkylation sites (N-methyl/N-ethyl adjacent to an activating group) is 1. The lowest BCUT2D eigenvalue weighted by atomic mass is 10.1. The normalized spacial score (nSPS) is 17.7. The number of piperidine rings is 1.